The molecule has 1 aromatic rings. The van der Waals surface area contributed by atoms with Crippen LogP contribution in [-0.2, 0) is 9.47 Å². The fourth-order valence-corrected chi connectivity index (χ4v) is 2.16. The van der Waals surface area contributed by atoms with E-state index < -0.39 is 30.0 Å². The number of methoxy groups -OCH3 is 1. The van der Waals surface area contributed by atoms with Gasteiger partial charge < -0.3 is 25.6 Å². The van der Waals surface area contributed by atoms with Crippen molar-refractivity contribution in [2.45, 2.75) is 24.4 Å². The second-order valence-electron chi connectivity index (χ2n) is 4.89. The van der Waals surface area contributed by atoms with Gasteiger partial charge in [0, 0.05) is 26.4 Å². The third-order valence-electron chi connectivity index (χ3n) is 3.31. The average Bonchev–Trinajstić information content (AvgIpc) is 2.67. The summed E-state index contributed by atoms with van der Waals surface area (Å²) < 4.78 is 38.9. The summed E-state index contributed by atoms with van der Waals surface area (Å²) in [6.07, 6.45) is -4.08. The molecule has 0 spiro atoms. The average molecular weight is 320 g/mol. The molecule has 1 aliphatic rings. The topological polar surface area (TPSA) is 112 Å². The van der Waals surface area contributed by atoms with Crippen LogP contribution < -0.4 is 16.7 Å². The number of hydrogen-bond acceptors (Lipinski definition) is 7. The van der Waals surface area contributed by atoms with Crippen molar-refractivity contribution in [3.8, 4) is 0 Å². The number of aliphatic hydroxyl groups excluding tert-OH is 1. The van der Waals surface area contributed by atoms with Crippen LogP contribution in [0.3, 0.4) is 0 Å². The first-order valence-corrected chi connectivity index (χ1v) is 6.63. The van der Waals surface area contributed by atoms with Gasteiger partial charge in [-0.15, -0.1) is 0 Å². The third-order valence-corrected chi connectivity index (χ3v) is 3.31. The summed E-state index contributed by atoms with van der Waals surface area (Å²) in [5.41, 5.74) is 4.35. The molecule has 1 aromatic heterocycles. The molecule has 3 atom stereocenters. The Hall–Kier alpha value is -1.62. The van der Waals surface area contributed by atoms with E-state index in [-0.39, 0.29) is 12.4 Å². The van der Waals surface area contributed by atoms with E-state index in [1.165, 1.54) is 13.2 Å². The molecule has 0 saturated carbocycles. The Morgan fingerprint density at radius 2 is 2.36 bits per heavy atom. The number of halogens is 2. The molecule has 2 heterocycles. The number of nitrogens with zero attached hydrogens (tertiary/aromatic N) is 2. The molecule has 0 bridgehead atoms. The molecule has 22 heavy (non-hydrogen) atoms. The van der Waals surface area contributed by atoms with Crippen molar-refractivity contribution in [3.63, 3.8) is 0 Å². The van der Waals surface area contributed by atoms with Gasteiger partial charge in [-0.25, -0.2) is 4.79 Å². The molecule has 10 heteroatoms. The lowest BCUT2D eigenvalue weighted by Gasteiger charge is -2.20. The Kier molecular flexibility index (Phi) is 5.06. The van der Waals surface area contributed by atoms with E-state index in [2.05, 4.69) is 10.3 Å². The Balaban J connectivity index is 2.13. The minimum atomic E-state index is -3.63. The zero-order valence-corrected chi connectivity index (χ0v) is 11.9. The van der Waals surface area contributed by atoms with Crippen LogP contribution in [0.15, 0.2) is 17.1 Å². The van der Waals surface area contributed by atoms with E-state index in [1.807, 2.05) is 0 Å². The molecule has 1 saturated heterocycles. The van der Waals surface area contributed by atoms with Gasteiger partial charge >= 0.3 is 11.6 Å². The van der Waals surface area contributed by atoms with Crippen LogP contribution in [0.1, 0.15) is 6.23 Å². The monoisotopic (exact) mass is 320 g/mol. The summed E-state index contributed by atoms with van der Waals surface area (Å²) in [4.78, 5) is 15.1. The van der Waals surface area contributed by atoms with E-state index in [0.717, 1.165) is 6.20 Å². The van der Waals surface area contributed by atoms with Crippen LogP contribution in [0.2, 0.25) is 0 Å². The number of anilines is 1. The highest BCUT2D eigenvalue weighted by atomic mass is 19.3. The number of aromatic nitrogens is 2. The first kappa shape index (κ1) is 16.7. The summed E-state index contributed by atoms with van der Waals surface area (Å²) in [6.45, 7) is 0.806. The third kappa shape index (κ3) is 3.24. The van der Waals surface area contributed by atoms with Gasteiger partial charge in [-0.2, -0.15) is 13.8 Å². The molecular weight excluding hydrogens is 302 g/mol. The van der Waals surface area contributed by atoms with E-state index in [0.29, 0.717) is 17.7 Å². The number of nitrogens with one attached hydrogen (secondary N) is 1. The molecule has 4 N–H and O–H groups in total. The molecule has 0 unspecified atom stereocenters. The summed E-state index contributed by atoms with van der Waals surface area (Å²) >= 11 is 0. The number of rotatable bonds is 6. The van der Waals surface area contributed by atoms with Gasteiger partial charge in [-0.05, 0) is 6.07 Å². The maximum absolute atomic E-state index is 14.1. The van der Waals surface area contributed by atoms with E-state index >= 15 is 0 Å². The minimum absolute atomic E-state index is 0.00618. The lowest BCUT2D eigenvalue weighted by atomic mass is 10.1. The van der Waals surface area contributed by atoms with Crippen molar-refractivity contribution >= 4 is 5.82 Å². The largest absolute Gasteiger partial charge is 0.384 e. The van der Waals surface area contributed by atoms with Crippen LogP contribution >= 0.6 is 0 Å². The molecule has 0 amide bonds. The minimum Gasteiger partial charge on any atom is -0.384 e. The van der Waals surface area contributed by atoms with Gasteiger partial charge in [0.15, 0.2) is 0 Å². The second-order valence-corrected chi connectivity index (χ2v) is 4.89. The van der Waals surface area contributed by atoms with Crippen molar-refractivity contribution in [2.24, 2.45) is 0 Å². The highest BCUT2D eigenvalue weighted by molar-refractivity contribution is 5.23. The predicted molar refractivity (Wildman–Crippen MR) is 72.5 cm³/mol. The summed E-state index contributed by atoms with van der Waals surface area (Å²) in [7, 11) is 1.51. The Morgan fingerprint density at radius 3 is 3.00 bits per heavy atom. The predicted octanol–water partition coefficient (Wildman–Crippen LogP) is -1.04. The fourth-order valence-electron chi connectivity index (χ4n) is 2.16. The van der Waals surface area contributed by atoms with E-state index in [1.54, 1.807) is 0 Å². The highest BCUT2D eigenvalue weighted by Gasteiger charge is 2.59. The lowest BCUT2D eigenvalue weighted by Crippen LogP contribution is -2.43. The van der Waals surface area contributed by atoms with Crippen LogP contribution in [0.25, 0.3) is 0 Å². The van der Waals surface area contributed by atoms with Gasteiger partial charge in [0.05, 0.1) is 6.61 Å². The van der Waals surface area contributed by atoms with Crippen molar-refractivity contribution in [2.75, 3.05) is 32.5 Å². The van der Waals surface area contributed by atoms with Gasteiger partial charge in [0.2, 0.25) is 6.23 Å². The van der Waals surface area contributed by atoms with Crippen molar-refractivity contribution < 1.29 is 23.4 Å². The number of aliphatic hydroxyl groups is 1. The van der Waals surface area contributed by atoms with Gasteiger partial charge in [-0.1, -0.05) is 0 Å². The number of nitrogens with two attached hydrogens (primary N) is 1. The Bertz CT molecular complexity index is 568. The van der Waals surface area contributed by atoms with Crippen LogP contribution in [0, 0.1) is 0 Å². The molecule has 1 aliphatic heterocycles. The van der Waals surface area contributed by atoms with Gasteiger partial charge in [0.25, 0.3) is 0 Å². The smallest absolute Gasteiger partial charge is 0.351 e. The fraction of sp³-hybridized carbons (Fsp3) is 0.667. The summed E-state index contributed by atoms with van der Waals surface area (Å²) in [5.74, 6) is -3.71. The lowest BCUT2D eigenvalue weighted by molar-refractivity contribution is -0.140. The summed E-state index contributed by atoms with van der Waals surface area (Å²) in [6, 6.07) is 1.21. The Labute approximate surface area is 124 Å². The van der Waals surface area contributed by atoms with Gasteiger partial charge in [0.1, 0.15) is 18.0 Å². The van der Waals surface area contributed by atoms with E-state index in [9.17, 15) is 18.7 Å². The Morgan fingerprint density at radius 1 is 1.64 bits per heavy atom. The standard InChI is InChI=1S/C12H18F2N4O4/c1-21-5-3-16-6-7-9(19)12(13,14)10(22-7)18-4-2-8(15)17-11(18)20/h2,4,7,9-10,16,19H,3,5-6H2,1H3,(H2,15,17,20)/t7-,9-,10-/m1/s1. The van der Waals surface area contributed by atoms with Crippen LogP contribution in [0.5, 0.6) is 0 Å². The van der Waals surface area contributed by atoms with Crippen molar-refractivity contribution in [1.82, 2.24) is 14.9 Å². The number of alkyl halides is 2. The highest BCUT2D eigenvalue weighted by Crippen LogP contribution is 2.41. The molecule has 0 aromatic carbocycles. The number of nitrogen functional groups attached to an aromatic ring is 1. The quantitative estimate of drug-likeness (QED) is 0.574. The van der Waals surface area contributed by atoms with E-state index in [4.69, 9.17) is 15.2 Å². The normalized spacial score (nSPS) is 27.2. The molecule has 1 fully saturated rings. The molecule has 124 valence electrons. The summed E-state index contributed by atoms with van der Waals surface area (Å²) in [5, 5.41) is 12.6. The van der Waals surface area contributed by atoms with Crippen LogP contribution in [-0.4, -0.2) is 59.6 Å². The maximum atomic E-state index is 14.1. The van der Waals surface area contributed by atoms with Gasteiger partial charge in [-0.3, -0.25) is 4.57 Å². The molecule has 2 rings (SSSR count). The van der Waals surface area contributed by atoms with Crippen LogP contribution in [0.4, 0.5) is 14.6 Å². The molecule has 8 nitrogen and oxygen atoms in total. The zero-order valence-electron chi connectivity index (χ0n) is 11.9. The van der Waals surface area contributed by atoms with Crippen molar-refractivity contribution in [1.29, 1.82) is 0 Å². The second kappa shape index (κ2) is 6.65. The first-order chi connectivity index (χ1) is 10.4. The molecular formula is C12H18F2N4O4. The molecule has 0 aliphatic carbocycles. The zero-order chi connectivity index (χ0) is 16.3. The van der Waals surface area contributed by atoms with Crippen molar-refractivity contribution in [3.05, 3.63) is 22.7 Å². The molecule has 0 radical (unpaired) electrons. The number of ether oxygens (including phenoxy) is 2. The SMILES string of the molecule is COCCNC[C@H]1O[C@@H](n2ccc(N)nc2=O)C(F)(F)[C@@H]1O. The maximum Gasteiger partial charge on any atom is 0.351 e. The first-order valence-electron chi connectivity index (χ1n) is 6.63. The number of hydrogen-bond donors (Lipinski definition) is 3.